The normalized spacial score (nSPS) is 17.7. The van der Waals surface area contributed by atoms with Gasteiger partial charge in [-0.15, -0.1) is 11.3 Å². The Labute approximate surface area is 207 Å². The van der Waals surface area contributed by atoms with Gasteiger partial charge in [0.05, 0.1) is 23.4 Å². The van der Waals surface area contributed by atoms with E-state index < -0.39 is 27.7 Å². The highest BCUT2D eigenvalue weighted by atomic mass is 32.2. The number of piperidine rings is 1. The standard InChI is InChI=1S/C20H21F4N7O3S2/c1-10-5-15(31-36(32,33)18(21)22)27-8-14(10)34-17-16(35-11(2)28-17)13-3-4-26-19(30-13)29-12-6-20(23,24)9-25-7-12/h3-5,8,12,18,25H,6-7,9H2,1-2H3,(H,27,31)(H,26,29,30)/t12-/m0/s1. The first kappa shape index (κ1) is 26.0. The minimum absolute atomic E-state index is 0.169. The first-order valence-electron chi connectivity index (χ1n) is 10.5. The lowest BCUT2D eigenvalue weighted by Crippen LogP contribution is -2.49. The van der Waals surface area contributed by atoms with E-state index in [2.05, 4.69) is 30.6 Å². The molecule has 1 saturated heterocycles. The van der Waals surface area contributed by atoms with Crippen LogP contribution in [0.4, 0.5) is 29.3 Å². The second-order valence-corrected chi connectivity index (χ2v) is 10.9. The molecule has 3 N–H and O–H groups in total. The zero-order valence-electron chi connectivity index (χ0n) is 18.9. The maximum atomic E-state index is 13.7. The second-order valence-electron chi connectivity index (χ2n) is 8.01. The number of hydrogen-bond donors (Lipinski definition) is 3. The summed E-state index contributed by atoms with van der Waals surface area (Å²) in [5, 5.41) is 6.25. The van der Waals surface area contributed by atoms with E-state index in [1.54, 1.807) is 24.6 Å². The zero-order chi connectivity index (χ0) is 26.1. The van der Waals surface area contributed by atoms with E-state index in [1.165, 1.54) is 29.8 Å². The van der Waals surface area contributed by atoms with Crippen LogP contribution in [-0.2, 0) is 10.0 Å². The molecule has 3 aromatic rings. The molecular weight excluding hydrogens is 526 g/mol. The summed E-state index contributed by atoms with van der Waals surface area (Å²) in [5.41, 5.74) is 0.847. The van der Waals surface area contributed by atoms with Crippen molar-refractivity contribution in [3.63, 3.8) is 0 Å². The van der Waals surface area contributed by atoms with Crippen molar-refractivity contribution in [1.29, 1.82) is 0 Å². The van der Waals surface area contributed by atoms with Gasteiger partial charge in [0.25, 0.3) is 15.9 Å². The van der Waals surface area contributed by atoms with Gasteiger partial charge in [-0.3, -0.25) is 4.72 Å². The molecule has 0 spiro atoms. The average molecular weight is 548 g/mol. The number of nitrogens with one attached hydrogen (secondary N) is 3. The summed E-state index contributed by atoms with van der Waals surface area (Å²) in [4.78, 5) is 17.3. The molecule has 4 rings (SSSR count). The number of aromatic nitrogens is 4. The van der Waals surface area contributed by atoms with Crippen LogP contribution < -0.4 is 20.1 Å². The molecular formula is C20H21F4N7O3S2. The molecule has 3 aromatic heterocycles. The van der Waals surface area contributed by atoms with E-state index in [0.717, 1.165) is 0 Å². The van der Waals surface area contributed by atoms with E-state index in [-0.39, 0.29) is 36.4 Å². The van der Waals surface area contributed by atoms with Crippen molar-refractivity contribution in [3.8, 4) is 22.2 Å². The van der Waals surface area contributed by atoms with Crippen molar-refractivity contribution in [1.82, 2.24) is 25.3 Å². The molecule has 0 amide bonds. The summed E-state index contributed by atoms with van der Waals surface area (Å²) < 4.78 is 83.0. The number of rotatable bonds is 8. The molecule has 0 radical (unpaired) electrons. The maximum absolute atomic E-state index is 13.7. The van der Waals surface area contributed by atoms with E-state index in [9.17, 15) is 26.0 Å². The van der Waals surface area contributed by atoms with Crippen LogP contribution in [0.3, 0.4) is 0 Å². The second kappa shape index (κ2) is 10.1. The first-order chi connectivity index (χ1) is 16.9. The fourth-order valence-electron chi connectivity index (χ4n) is 3.41. The molecule has 1 aliphatic rings. The highest BCUT2D eigenvalue weighted by Crippen LogP contribution is 2.38. The Kier molecular flexibility index (Phi) is 7.28. The van der Waals surface area contributed by atoms with Crippen molar-refractivity contribution in [2.24, 2.45) is 0 Å². The number of hydrogen-bond acceptors (Lipinski definition) is 10. The number of anilines is 2. The maximum Gasteiger partial charge on any atom is 0.355 e. The Bertz CT molecular complexity index is 1350. The van der Waals surface area contributed by atoms with Crippen LogP contribution >= 0.6 is 11.3 Å². The fraction of sp³-hybridized carbons (Fsp3) is 0.400. The molecule has 0 aromatic carbocycles. The Morgan fingerprint density at radius 2 is 2.03 bits per heavy atom. The van der Waals surface area contributed by atoms with Gasteiger partial charge in [-0.1, -0.05) is 0 Å². The van der Waals surface area contributed by atoms with Crippen LogP contribution in [0.25, 0.3) is 10.6 Å². The number of aryl methyl sites for hydroxylation is 2. The third-order valence-corrected chi connectivity index (χ3v) is 6.93. The number of halogens is 4. The molecule has 1 fully saturated rings. The molecule has 4 heterocycles. The Morgan fingerprint density at radius 1 is 1.25 bits per heavy atom. The number of ether oxygens (including phenoxy) is 1. The number of nitrogens with zero attached hydrogens (tertiary/aromatic N) is 4. The highest BCUT2D eigenvalue weighted by molar-refractivity contribution is 7.92. The topological polar surface area (TPSA) is 131 Å². The predicted molar refractivity (Wildman–Crippen MR) is 125 cm³/mol. The van der Waals surface area contributed by atoms with Gasteiger partial charge in [0, 0.05) is 25.2 Å². The summed E-state index contributed by atoms with van der Waals surface area (Å²) in [7, 11) is -4.86. The lowest BCUT2D eigenvalue weighted by molar-refractivity contribution is -0.0244. The molecule has 0 bridgehead atoms. The van der Waals surface area contributed by atoms with Crippen LogP contribution in [0.1, 0.15) is 17.0 Å². The molecule has 16 heteroatoms. The van der Waals surface area contributed by atoms with Crippen LogP contribution in [0.5, 0.6) is 11.6 Å². The third kappa shape index (κ3) is 6.17. The van der Waals surface area contributed by atoms with E-state index >= 15 is 0 Å². The Hall–Kier alpha value is -3.11. The number of pyridine rings is 1. The highest BCUT2D eigenvalue weighted by Gasteiger charge is 2.36. The van der Waals surface area contributed by atoms with Crippen LogP contribution in [-0.4, -0.2) is 59.2 Å². The molecule has 194 valence electrons. The molecule has 0 aliphatic carbocycles. The van der Waals surface area contributed by atoms with Crippen LogP contribution in [0.2, 0.25) is 0 Å². The van der Waals surface area contributed by atoms with E-state index in [1.807, 2.05) is 0 Å². The van der Waals surface area contributed by atoms with Crippen molar-refractivity contribution in [2.75, 3.05) is 23.1 Å². The lowest BCUT2D eigenvalue weighted by atomic mass is 10.0. The SMILES string of the molecule is Cc1nc(Oc2cnc(NS(=O)(=O)C(F)F)cc2C)c(-c2ccnc(N[C@@H]3CNCC(F)(F)C3)n2)s1. The van der Waals surface area contributed by atoms with Crippen molar-refractivity contribution >= 4 is 33.1 Å². The largest absolute Gasteiger partial charge is 0.436 e. The lowest BCUT2D eigenvalue weighted by Gasteiger charge is -2.30. The van der Waals surface area contributed by atoms with Gasteiger partial charge in [-0.25, -0.2) is 37.1 Å². The van der Waals surface area contributed by atoms with Gasteiger partial charge < -0.3 is 15.4 Å². The monoisotopic (exact) mass is 547 g/mol. The number of alkyl halides is 4. The predicted octanol–water partition coefficient (Wildman–Crippen LogP) is 3.78. The molecule has 0 saturated carbocycles. The van der Waals surface area contributed by atoms with Gasteiger partial charge >= 0.3 is 5.76 Å². The van der Waals surface area contributed by atoms with Crippen LogP contribution in [0, 0.1) is 13.8 Å². The molecule has 1 aliphatic heterocycles. The van der Waals surface area contributed by atoms with Gasteiger partial charge in [-0.2, -0.15) is 8.78 Å². The summed E-state index contributed by atoms with van der Waals surface area (Å²) in [5.74, 6) is -6.16. The number of sulfonamides is 1. The summed E-state index contributed by atoms with van der Waals surface area (Å²) >= 11 is 1.28. The summed E-state index contributed by atoms with van der Waals surface area (Å²) in [6.07, 6.45) is 2.31. The number of thiazole rings is 1. The zero-order valence-corrected chi connectivity index (χ0v) is 20.6. The minimum Gasteiger partial charge on any atom is -0.436 e. The first-order valence-corrected chi connectivity index (χ1v) is 12.9. The average Bonchev–Trinajstić information content (AvgIpc) is 3.15. The fourth-order valence-corrected chi connectivity index (χ4v) is 4.72. The van der Waals surface area contributed by atoms with Crippen molar-refractivity contribution < 1.29 is 30.7 Å². The van der Waals surface area contributed by atoms with E-state index in [0.29, 0.717) is 27.7 Å². The molecule has 10 nitrogen and oxygen atoms in total. The smallest absolute Gasteiger partial charge is 0.355 e. The Balaban J connectivity index is 1.54. The van der Waals surface area contributed by atoms with Gasteiger partial charge in [-0.05, 0) is 31.5 Å². The molecule has 36 heavy (non-hydrogen) atoms. The third-order valence-electron chi connectivity index (χ3n) is 4.99. The van der Waals surface area contributed by atoms with E-state index in [4.69, 9.17) is 4.74 Å². The quantitative estimate of drug-likeness (QED) is 0.361. The summed E-state index contributed by atoms with van der Waals surface area (Å²) in [6.45, 7) is 3.30. The minimum atomic E-state index is -4.86. The summed E-state index contributed by atoms with van der Waals surface area (Å²) in [6, 6.07) is 2.30. The molecule has 1 atom stereocenters. The molecule has 0 unspecified atom stereocenters. The van der Waals surface area contributed by atoms with Crippen LogP contribution in [0.15, 0.2) is 24.5 Å². The van der Waals surface area contributed by atoms with Crippen molar-refractivity contribution in [3.05, 3.63) is 35.1 Å². The Morgan fingerprint density at radius 3 is 2.72 bits per heavy atom. The van der Waals surface area contributed by atoms with Gasteiger partial charge in [0.2, 0.25) is 11.8 Å². The van der Waals surface area contributed by atoms with Crippen molar-refractivity contribution in [2.45, 2.75) is 38.0 Å². The van der Waals surface area contributed by atoms with Gasteiger partial charge in [0.1, 0.15) is 10.7 Å². The van der Waals surface area contributed by atoms with Gasteiger partial charge in [0.15, 0.2) is 5.75 Å².